The normalized spacial score (nSPS) is 10.9. The number of hydrogen-bond acceptors (Lipinski definition) is 7. The molecule has 9 nitrogen and oxygen atoms in total. The molecule has 0 saturated heterocycles. The number of fused-ring (bicyclic) bond motifs is 1. The van der Waals surface area contributed by atoms with Crippen molar-refractivity contribution in [2.75, 3.05) is 37.8 Å². The summed E-state index contributed by atoms with van der Waals surface area (Å²) >= 11 is 0. The molecule has 0 saturated carbocycles. The Bertz CT molecular complexity index is 1360. The summed E-state index contributed by atoms with van der Waals surface area (Å²) < 4.78 is 0. The maximum absolute atomic E-state index is 12.8. The molecule has 0 spiro atoms. The van der Waals surface area contributed by atoms with Crippen LogP contribution in [0.1, 0.15) is 16.8 Å². The van der Waals surface area contributed by atoms with Crippen LogP contribution >= 0.6 is 0 Å². The van der Waals surface area contributed by atoms with Crippen LogP contribution in [0.25, 0.3) is 22.3 Å². The van der Waals surface area contributed by atoms with E-state index in [2.05, 4.69) is 15.5 Å². The highest BCUT2D eigenvalue weighted by atomic mass is 16.6. The van der Waals surface area contributed by atoms with Gasteiger partial charge >= 0.3 is 0 Å². The van der Waals surface area contributed by atoms with Crippen LogP contribution in [0.15, 0.2) is 72.8 Å². The molecule has 0 aliphatic heterocycles. The molecule has 9 heteroatoms. The molecule has 4 aromatic rings. The minimum atomic E-state index is -0.500. The lowest BCUT2D eigenvalue weighted by molar-refractivity contribution is -0.384. The van der Waals surface area contributed by atoms with E-state index in [1.54, 1.807) is 6.07 Å². The number of nitrogens with one attached hydrogen (secondary N) is 2. The number of nitro groups is 1. The number of benzene rings is 3. The number of carbonyl (C=O) groups is 1. The Kier molecular flexibility index (Phi) is 7.27. The van der Waals surface area contributed by atoms with Gasteiger partial charge in [0.25, 0.3) is 11.6 Å². The van der Waals surface area contributed by atoms with E-state index in [0.29, 0.717) is 22.6 Å². The smallest absolute Gasteiger partial charge is 0.269 e. The number of carbonyl (C=O) groups excluding carboxylic acids is 1. The van der Waals surface area contributed by atoms with Gasteiger partial charge in [-0.3, -0.25) is 14.9 Å². The maximum Gasteiger partial charge on any atom is 0.269 e. The highest BCUT2D eigenvalue weighted by Gasteiger charge is 2.15. The van der Waals surface area contributed by atoms with Crippen molar-refractivity contribution in [3.8, 4) is 11.4 Å². The SMILES string of the molecule is CN(C)CCCNc1nc(-c2ccccc2NC(=O)c2ccc([N+](=O)[O-])cc2)nc2ccccc12. The standard InChI is InChI=1S/C26H26N6O3/c1-31(2)17-7-16-27-24-20-8-3-5-10-22(20)28-25(30-24)21-9-4-6-11-23(21)29-26(33)18-12-14-19(15-13-18)32(34)35/h3-6,8-15H,7,16-17H2,1-2H3,(H,29,33)(H,27,28,30). The van der Waals surface area contributed by atoms with E-state index >= 15 is 0 Å². The summed E-state index contributed by atoms with van der Waals surface area (Å²) in [5, 5.41) is 18.1. The van der Waals surface area contributed by atoms with Gasteiger partial charge in [-0.25, -0.2) is 9.97 Å². The van der Waals surface area contributed by atoms with Gasteiger partial charge in [-0.05, 0) is 63.5 Å². The fourth-order valence-corrected chi connectivity index (χ4v) is 3.65. The number of rotatable bonds is 9. The molecule has 1 heterocycles. The van der Waals surface area contributed by atoms with Crippen molar-refractivity contribution >= 4 is 34.0 Å². The Labute approximate surface area is 203 Å². The summed E-state index contributed by atoms with van der Waals surface area (Å²) in [7, 11) is 4.08. The minimum absolute atomic E-state index is 0.0721. The molecule has 0 atom stereocenters. The number of para-hydroxylation sites is 2. The van der Waals surface area contributed by atoms with Crippen molar-refractivity contribution in [2.24, 2.45) is 0 Å². The van der Waals surface area contributed by atoms with Crippen LogP contribution in [0, 0.1) is 10.1 Å². The highest BCUT2D eigenvalue weighted by molar-refractivity contribution is 6.06. The Morgan fingerprint density at radius 3 is 2.43 bits per heavy atom. The van der Waals surface area contributed by atoms with E-state index in [9.17, 15) is 14.9 Å². The third-order valence-corrected chi connectivity index (χ3v) is 5.43. The average molecular weight is 471 g/mol. The van der Waals surface area contributed by atoms with E-state index in [-0.39, 0.29) is 11.6 Å². The number of amides is 1. The van der Waals surface area contributed by atoms with Gasteiger partial charge in [0, 0.05) is 35.2 Å². The van der Waals surface area contributed by atoms with Crippen molar-refractivity contribution < 1.29 is 9.72 Å². The summed E-state index contributed by atoms with van der Waals surface area (Å²) in [6.07, 6.45) is 0.961. The monoisotopic (exact) mass is 470 g/mol. The zero-order chi connectivity index (χ0) is 24.8. The van der Waals surface area contributed by atoms with Crippen molar-refractivity contribution in [3.05, 3.63) is 88.5 Å². The summed E-state index contributed by atoms with van der Waals surface area (Å²) in [6.45, 7) is 1.72. The van der Waals surface area contributed by atoms with Crippen molar-refractivity contribution in [2.45, 2.75) is 6.42 Å². The third-order valence-electron chi connectivity index (χ3n) is 5.43. The molecule has 2 N–H and O–H groups in total. The van der Waals surface area contributed by atoms with Crippen LogP contribution in [-0.4, -0.2) is 52.9 Å². The molecule has 0 radical (unpaired) electrons. The summed E-state index contributed by atoms with van der Waals surface area (Å²) in [6, 6.07) is 20.6. The first-order chi connectivity index (χ1) is 16.9. The molecule has 178 valence electrons. The predicted molar refractivity (Wildman–Crippen MR) is 138 cm³/mol. The molecular weight excluding hydrogens is 444 g/mol. The quantitative estimate of drug-likeness (QED) is 0.205. The molecule has 0 fully saturated rings. The van der Waals surface area contributed by atoms with Crippen LogP contribution < -0.4 is 10.6 Å². The molecule has 0 aliphatic carbocycles. The number of non-ortho nitro benzene ring substituents is 1. The van der Waals surface area contributed by atoms with E-state index in [1.165, 1.54) is 24.3 Å². The maximum atomic E-state index is 12.8. The molecule has 0 bridgehead atoms. The summed E-state index contributed by atoms with van der Waals surface area (Å²) in [5.74, 6) is 0.842. The van der Waals surface area contributed by atoms with E-state index in [4.69, 9.17) is 9.97 Å². The van der Waals surface area contributed by atoms with Gasteiger partial charge in [-0.15, -0.1) is 0 Å². The molecular formula is C26H26N6O3. The molecule has 1 aromatic heterocycles. The molecule has 0 unspecified atom stereocenters. The molecule has 3 aromatic carbocycles. The lowest BCUT2D eigenvalue weighted by Crippen LogP contribution is -2.17. The van der Waals surface area contributed by atoms with E-state index in [1.807, 2.05) is 56.6 Å². The van der Waals surface area contributed by atoms with Gasteiger partial charge in [0.15, 0.2) is 5.82 Å². The van der Waals surface area contributed by atoms with E-state index < -0.39 is 4.92 Å². The summed E-state index contributed by atoms with van der Waals surface area (Å²) in [5.41, 5.74) is 2.25. The second-order valence-corrected chi connectivity index (χ2v) is 8.30. The topological polar surface area (TPSA) is 113 Å². The molecule has 1 amide bonds. The Morgan fingerprint density at radius 2 is 1.69 bits per heavy atom. The number of anilines is 2. The Hall–Kier alpha value is -4.37. The predicted octanol–water partition coefficient (Wildman–Crippen LogP) is 4.82. The van der Waals surface area contributed by atoms with Crippen LogP contribution in [0.4, 0.5) is 17.2 Å². The van der Waals surface area contributed by atoms with Crippen molar-refractivity contribution in [3.63, 3.8) is 0 Å². The first-order valence-corrected chi connectivity index (χ1v) is 11.2. The first kappa shape index (κ1) is 23.8. The molecule has 4 rings (SSSR count). The van der Waals surface area contributed by atoms with Crippen LogP contribution in [0.5, 0.6) is 0 Å². The average Bonchev–Trinajstić information content (AvgIpc) is 2.86. The Balaban J connectivity index is 1.64. The third kappa shape index (κ3) is 5.77. The second kappa shape index (κ2) is 10.7. The van der Waals surface area contributed by atoms with Gasteiger partial charge < -0.3 is 15.5 Å². The van der Waals surface area contributed by atoms with Gasteiger partial charge in [0.05, 0.1) is 16.1 Å². The molecule has 35 heavy (non-hydrogen) atoms. The number of nitrogens with zero attached hydrogens (tertiary/aromatic N) is 4. The Morgan fingerprint density at radius 1 is 0.971 bits per heavy atom. The fraction of sp³-hybridized carbons (Fsp3) is 0.192. The van der Waals surface area contributed by atoms with Crippen molar-refractivity contribution in [1.82, 2.24) is 14.9 Å². The number of hydrogen-bond donors (Lipinski definition) is 2. The lowest BCUT2D eigenvalue weighted by atomic mass is 10.1. The van der Waals surface area contributed by atoms with E-state index in [0.717, 1.165) is 36.2 Å². The minimum Gasteiger partial charge on any atom is -0.369 e. The van der Waals surface area contributed by atoms with Crippen LogP contribution in [0.2, 0.25) is 0 Å². The largest absolute Gasteiger partial charge is 0.369 e. The fourth-order valence-electron chi connectivity index (χ4n) is 3.65. The number of aromatic nitrogens is 2. The zero-order valence-electron chi connectivity index (χ0n) is 19.6. The van der Waals surface area contributed by atoms with Crippen LogP contribution in [-0.2, 0) is 0 Å². The van der Waals surface area contributed by atoms with Gasteiger partial charge in [0.1, 0.15) is 5.82 Å². The first-order valence-electron chi connectivity index (χ1n) is 11.2. The summed E-state index contributed by atoms with van der Waals surface area (Å²) in [4.78, 5) is 34.9. The lowest BCUT2D eigenvalue weighted by Gasteiger charge is -2.14. The van der Waals surface area contributed by atoms with Gasteiger partial charge in [-0.2, -0.15) is 0 Å². The van der Waals surface area contributed by atoms with Crippen molar-refractivity contribution in [1.29, 1.82) is 0 Å². The van der Waals surface area contributed by atoms with Gasteiger partial charge in [0.2, 0.25) is 0 Å². The highest BCUT2D eigenvalue weighted by Crippen LogP contribution is 2.30. The molecule has 0 aliphatic rings. The number of nitro benzene ring substituents is 1. The second-order valence-electron chi connectivity index (χ2n) is 8.30. The van der Waals surface area contributed by atoms with Gasteiger partial charge in [-0.1, -0.05) is 24.3 Å². The zero-order valence-corrected chi connectivity index (χ0v) is 19.6. The van der Waals surface area contributed by atoms with Crippen LogP contribution in [0.3, 0.4) is 0 Å².